The highest BCUT2D eigenvalue weighted by Gasteiger charge is 2.05. The molecule has 0 atom stereocenters. The Kier molecular flexibility index (Phi) is 6.13. The summed E-state index contributed by atoms with van der Waals surface area (Å²) in [5.74, 6) is 1.96. The van der Waals surface area contributed by atoms with E-state index in [9.17, 15) is 4.79 Å². The van der Waals surface area contributed by atoms with E-state index in [0.717, 1.165) is 11.6 Å². The summed E-state index contributed by atoms with van der Waals surface area (Å²) < 4.78 is 0. The Morgan fingerprint density at radius 1 is 1.24 bits per heavy atom. The van der Waals surface area contributed by atoms with Crippen molar-refractivity contribution in [2.75, 3.05) is 18.1 Å². The second-order valence-electron chi connectivity index (χ2n) is 4.50. The Morgan fingerprint density at radius 3 is 2.67 bits per heavy atom. The maximum Gasteiger partial charge on any atom is 0.230 e. The summed E-state index contributed by atoms with van der Waals surface area (Å²) in [5, 5.41) is 10.2. The molecule has 0 spiro atoms. The largest absolute Gasteiger partial charge is 0.355 e. The first-order chi connectivity index (χ1) is 10.1. The van der Waals surface area contributed by atoms with Crippen LogP contribution in [0.15, 0.2) is 34.3 Å². The van der Waals surface area contributed by atoms with Crippen LogP contribution in [0.5, 0.6) is 0 Å². The molecule has 7 heteroatoms. The fraction of sp³-hybridized carbons (Fsp3) is 0.357. The van der Waals surface area contributed by atoms with Crippen molar-refractivity contribution < 1.29 is 4.79 Å². The van der Waals surface area contributed by atoms with Crippen LogP contribution in [0.4, 0.5) is 0 Å². The van der Waals surface area contributed by atoms with E-state index in [4.69, 9.17) is 0 Å². The maximum atomic E-state index is 11.7. The lowest BCUT2D eigenvalue weighted by atomic mass is 10.2. The molecule has 2 rings (SSSR count). The van der Waals surface area contributed by atoms with Crippen LogP contribution < -0.4 is 5.32 Å². The molecular weight excluding hydrogens is 304 g/mol. The highest BCUT2D eigenvalue weighted by atomic mass is 32.2. The Labute approximate surface area is 132 Å². The molecule has 112 valence electrons. The van der Waals surface area contributed by atoms with Gasteiger partial charge in [0.15, 0.2) is 0 Å². The number of nitrogens with one attached hydrogen (secondary N) is 2. The summed E-state index contributed by atoms with van der Waals surface area (Å²) in [6, 6.07) is 8.39. The zero-order valence-electron chi connectivity index (χ0n) is 12.0. The SMILES string of the molecule is Cc1ccc(SCCNC(=O)CSc2n[nH]c(C)n2)cc1. The molecule has 0 fully saturated rings. The monoisotopic (exact) mass is 322 g/mol. The van der Waals surface area contributed by atoms with E-state index in [2.05, 4.69) is 51.7 Å². The molecule has 0 aliphatic rings. The average molecular weight is 322 g/mol. The standard InChI is InChI=1S/C14H18N4OS2/c1-10-3-5-12(6-4-10)20-8-7-15-13(19)9-21-14-16-11(2)17-18-14/h3-6H,7-9H2,1-2H3,(H,15,19)(H,16,17,18). The van der Waals surface area contributed by atoms with Gasteiger partial charge in [0.1, 0.15) is 5.82 Å². The van der Waals surface area contributed by atoms with E-state index in [0.29, 0.717) is 17.5 Å². The minimum atomic E-state index is 0.00644. The minimum absolute atomic E-state index is 0.00644. The van der Waals surface area contributed by atoms with Crippen molar-refractivity contribution in [2.24, 2.45) is 0 Å². The lowest BCUT2D eigenvalue weighted by Crippen LogP contribution is -2.27. The topological polar surface area (TPSA) is 70.7 Å². The second kappa shape index (κ2) is 8.09. The van der Waals surface area contributed by atoms with Gasteiger partial charge in [-0.25, -0.2) is 4.98 Å². The number of hydrogen-bond acceptors (Lipinski definition) is 5. The van der Waals surface area contributed by atoms with Crippen LogP contribution >= 0.6 is 23.5 Å². The van der Waals surface area contributed by atoms with E-state index in [1.807, 2.05) is 6.92 Å². The van der Waals surface area contributed by atoms with Crippen LogP contribution in [0.2, 0.25) is 0 Å². The molecule has 0 saturated carbocycles. The van der Waals surface area contributed by atoms with Crippen LogP contribution in [0.1, 0.15) is 11.4 Å². The molecule has 1 aromatic carbocycles. The van der Waals surface area contributed by atoms with Crippen molar-refractivity contribution >= 4 is 29.4 Å². The van der Waals surface area contributed by atoms with Gasteiger partial charge in [0.25, 0.3) is 0 Å². The third kappa shape index (κ3) is 5.81. The number of carbonyl (C=O) groups is 1. The predicted molar refractivity (Wildman–Crippen MR) is 86.8 cm³/mol. The third-order valence-corrected chi connectivity index (χ3v) is 4.48. The van der Waals surface area contributed by atoms with Gasteiger partial charge in [-0.3, -0.25) is 9.89 Å². The summed E-state index contributed by atoms with van der Waals surface area (Å²) in [6.45, 7) is 4.56. The molecule has 21 heavy (non-hydrogen) atoms. The van der Waals surface area contributed by atoms with Gasteiger partial charge in [-0.05, 0) is 26.0 Å². The van der Waals surface area contributed by atoms with Crippen LogP contribution in [0.3, 0.4) is 0 Å². The van der Waals surface area contributed by atoms with E-state index in [1.165, 1.54) is 22.2 Å². The van der Waals surface area contributed by atoms with Crippen molar-refractivity contribution in [3.8, 4) is 0 Å². The number of thioether (sulfide) groups is 2. The zero-order chi connectivity index (χ0) is 15.1. The molecule has 1 amide bonds. The Balaban J connectivity index is 1.59. The number of rotatable bonds is 7. The van der Waals surface area contributed by atoms with Crippen LogP contribution in [0, 0.1) is 13.8 Å². The van der Waals surface area contributed by atoms with Crippen molar-refractivity contribution in [1.29, 1.82) is 0 Å². The molecule has 5 nitrogen and oxygen atoms in total. The number of aromatic nitrogens is 3. The third-order valence-electron chi connectivity index (χ3n) is 2.62. The summed E-state index contributed by atoms with van der Waals surface area (Å²) in [7, 11) is 0. The zero-order valence-corrected chi connectivity index (χ0v) is 13.7. The molecule has 0 aliphatic carbocycles. The Morgan fingerprint density at radius 2 is 2.00 bits per heavy atom. The highest BCUT2D eigenvalue weighted by molar-refractivity contribution is 7.99. The Bertz CT molecular complexity index is 583. The second-order valence-corrected chi connectivity index (χ2v) is 6.61. The highest BCUT2D eigenvalue weighted by Crippen LogP contribution is 2.17. The first-order valence-corrected chi connectivity index (χ1v) is 8.58. The molecule has 1 aromatic heterocycles. The lowest BCUT2D eigenvalue weighted by molar-refractivity contribution is -0.118. The van der Waals surface area contributed by atoms with Crippen molar-refractivity contribution in [2.45, 2.75) is 23.9 Å². The van der Waals surface area contributed by atoms with Gasteiger partial charge in [-0.15, -0.1) is 16.9 Å². The molecule has 0 unspecified atom stereocenters. The van der Waals surface area contributed by atoms with E-state index in [-0.39, 0.29) is 5.91 Å². The van der Waals surface area contributed by atoms with Crippen LogP contribution in [-0.4, -0.2) is 39.1 Å². The number of benzene rings is 1. The molecule has 0 bridgehead atoms. The van der Waals surface area contributed by atoms with Crippen molar-refractivity contribution in [3.05, 3.63) is 35.7 Å². The number of hydrogen-bond donors (Lipinski definition) is 2. The molecule has 2 N–H and O–H groups in total. The number of nitrogens with zero attached hydrogens (tertiary/aromatic N) is 2. The summed E-state index contributed by atoms with van der Waals surface area (Å²) >= 11 is 3.07. The lowest BCUT2D eigenvalue weighted by Gasteiger charge is -2.04. The fourth-order valence-corrected chi connectivity index (χ4v) is 3.00. The van der Waals surface area contributed by atoms with Gasteiger partial charge in [-0.2, -0.15) is 0 Å². The fourth-order valence-electron chi connectivity index (χ4n) is 1.56. The number of aryl methyl sites for hydroxylation is 2. The number of aromatic amines is 1. The van der Waals surface area contributed by atoms with Crippen molar-refractivity contribution in [3.63, 3.8) is 0 Å². The molecule has 0 saturated heterocycles. The van der Waals surface area contributed by atoms with Gasteiger partial charge in [-0.1, -0.05) is 29.5 Å². The minimum Gasteiger partial charge on any atom is -0.355 e. The predicted octanol–water partition coefficient (Wildman–Crippen LogP) is 2.42. The molecule has 0 radical (unpaired) electrons. The first kappa shape index (κ1) is 15.9. The summed E-state index contributed by atoms with van der Waals surface area (Å²) in [5.41, 5.74) is 1.26. The summed E-state index contributed by atoms with van der Waals surface area (Å²) in [6.07, 6.45) is 0. The Hall–Kier alpha value is -1.47. The number of amides is 1. The smallest absolute Gasteiger partial charge is 0.230 e. The molecule has 2 aromatic rings. The molecular formula is C14H18N4OS2. The van der Waals surface area contributed by atoms with Gasteiger partial charge in [0.05, 0.1) is 5.75 Å². The maximum absolute atomic E-state index is 11.7. The van der Waals surface area contributed by atoms with Crippen LogP contribution in [0.25, 0.3) is 0 Å². The van der Waals surface area contributed by atoms with E-state index >= 15 is 0 Å². The van der Waals surface area contributed by atoms with Gasteiger partial charge >= 0.3 is 0 Å². The number of H-pyrrole nitrogens is 1. The molecule has 0 aliphatic heterocycles. The normalized spacial score (nSPS) is 10.6. The molecule has 1 heterocycles. The van der Waals surface area contributed by atoms with Crippen molar-refractivity contribution in [1.82, 2.24) is 20.5 Å². The van der Waals surface area contributed by atoms with Gasteiger partial charge < -0.3 is 5.32 Å². The average Bonchev–Trinajstić information content (AvgIpc) is 2.89. The van der Waals surface area contributed by atoms with Crippen LogP contribution in [-0.2, 0) is 4.79 Å². The first-order valence-electron chi connectivity index (χ1n) is 6.61. The van der Waals surface area contributed by atoms with E-state index < -0.39 is 0 Å². The van der Waals surface area contributed by atoms with E-state index in [1.54, 1.807) is 11.8 Å². The summed E-state index contributed by atoms with van der Waals surface area (Å²) in [4.78, 5) is 17.0. The number of carbonyl (C=O) groups excluding carboxylic acids is 1. The van der Waals surface area contributed by atoms with Gasteiger partial charge in [0, 0.05) is 17.2 Å². The quantitative estimate of drug-likeness (QED) is 0.605. The van der Waals surface area contributed by atoms with Gasteiger partial charge in [0.2, 0.25) is 11.1 Å².